The van der Waals surface area contributed by atoms with Crippen LogP contribution in [0.3, 0.4) is 0 Å². The zero-order valence-corrected chi connectivity index (χ0v) is 15.9. The Hall–Kier alpha value is -2.47. The van der Waals surface area contributed by atoms with E-state index in [1.54, 1.807) is 29.7 Å². The van der Waals surface area contributed by atoms with Crippen LogP contribution in [0.4, 0.5) is 5.69 Å². The highest BCUT2D eigenvalue weighted by Crippen LogP contribution is 2.33. The number of amides is 2. The predicted octanol–water partition coefficient (Wildman–Crippen LogP) is 3.99. The molecule has 1 aromatic carbocycles. The van der Waals surface area contributed by atoms with Gasteiger partial charge in [0.05, 0.1) is 11.1 Å². The summed E-state index contributed by atoms with van der Waals surface area (Å²) in [5, 5.41) is 6.75. The number of aryl methyl sites for hydroxylation is 1. The minimum Gasteiger partial charge on any atom is -0.326 e. The summed E-state index contributed by atoms with van der Waals surface area (Å²) in [6, 6.07) is 9.27. The van der Waals surface area contributed by atoms with E-state index in [2.05, 4.69) is 22.8 Å². The summed E-state index contributed by atoms with van der Waals surface area (Å²) < 4.78 is 0. The van der Waals surface area contributed by atoms with Crippen molar-refractivity contribution in [3.63, 3.8) is 0 Å². The van der Waals surface area contributed by atoms with Crippen LogP contribution >= 0.6 is 11.3 Å². The number of nitrogens with one attached hydrogen (secondary N) is 2. The van der Waals surface area contributed by atoms with Crippen molar-refractivity contribution in [2.45, 2.75) is 39.5 Å². The zero-order chi connectivity index (χ0) is 18.5. The molecule has 0 aliphatic heterocycles. The van der Waals surface area contributed by atoms with Gasteiger partial charge in [-0.05, 0) is 54.5 Å². The molecule has 5 nitrogen and oxygen atoms in total. The molecule has 3 rings (SSSR count). The van der Waals surface area contributed by atoms with E-state index in [9.17, 15) is 9.59 Å². The number of fused-ring (bicyclic) bond motifs is 1. The fraction of sp³-hybridized carbons (Fsp3) is 0.350. The van der Waals surface area contributed by atoms with Gasteiger partial charge in [-0.25, -0.2) is 5.43 Å². The van der Waals surface area contributed by atoms with Crippen LogP contribution in [0.2, 0.25) is 0 Å². The molecule has 0 radical (unpaired) electrons. The summed E-state index contributed by atoms with van der Waals surface area (Å²) in [6.45, 7) is 3.70. The van der Waals surface area contributed by atoms with Crippen LogP contribution in [0.15, 0.2) is 35.4 Å². The van der Waals surface area contributed by atoms with Gasteiger partial charge in [-0.3, -0.25) is 9.59 Å². The van der Waals surface area contributed by atoms with Gasteiger partial charge in [0, 0.05) is 17.5 Å². The Morgan fingerprint density at radius 2 is 2.08 bits per heavy atom. The van der Waals surface area contributed by atoms with Crippen molar-refractivity contribution in [2.24, 2.45) is 11.0 Å². The summed E-state index contributed by atoms with van der Waals surface area (Å²) in [4.78, 5) is 25.4. The molecule has 0 bridgehead atoms. The van der Waals surface area contributed by atoms with Crippen molar-refractivity contribution >= 4 is 35.1 Å². The molecule has 0 saturated heterocycles. The molecule has 0 unspecified atom stereocenters. The van der Waals surface area contributed by atoms with E-state index in [4.69, 9.17) is 0 Å². The quantitative estimate of drug-likeness (QED) is 0.618. The molecule has 1 aromatic heterocycles. The number of carbonyl (C=O) groups excluding carboxylic acids is 2. The third-order valence-corrected chi connectivity index (χ3v) is 5.83. The zero-order valence-electron chi connectivity index (χ0n) is 15.0. The lowest BCUT2D eigenvalue weighted by Gasteiger charge is -2.19. The fourth-order valence-corrected chi connectivity index (χ4v) is 4.23. The average Bonchev–Trinajstić information content (AvgIpc) is 3.06. The molecule has 2 aromatic rings. The third-order valence-electron chi connectivity index (χ3n) is 4.60. The lowest BCUT2D eigenvalue weighted by Crippen LogP contribution is -2.16. The molecule has 1 heterocycles. The SMILES string of the molecule is CC[C@H]1CCc2sc(C(=O)N/N=C\c3ccc(NC(C)=O)cc3)cc2C1. The Morgan fingerprint density at radius 1 is 1.31 bits per heavy atom. The Morgan fingerprint density at radius 3 is 2.77 bits per heavy atom. The maximum Gasteiger partial charge on any atom is 0.281 e. The third kappa shape index (κ3) is 4.58. The maximum atomic E-state index is 12.3. The van der Waals surface area contributed by atoms with Crippen LogP contribution in [0, 0.1) is 5.92 Å². The number of benzene rings is 1. The largest absolute Gasteiger partial charge is 0.326 e. The monoisotopic (exact) mass is 369 g/mol. The van der Waals surface area contributed by atoms with E-state index in [1.807, 2.05) is 18.2 Å². The number of hydrazone groups is 1. The predicted molar refractivity (Wildman–Crippen MR) is 106 cm³/mol. The average molecular weight is 369 g/mol. The van der Waals surface area contributed by atoms with Crippen LogP contribution in [-0.2, 0) is 17.6 Å². The second-order valence-electron chi connectivity index (χ2n) is 6.58. The van der Waals surface area contributed by atoms with E-state index in [-0.39, 0.29) is 11.8 Å². The van der Waals surface area contributed by atoms with Gasteiger partial charge >= 0.3 is 0 Å². The lowest BCUT2D eigenvalue weighted by molar-refractivity contribution is -0.114. The first-order chi connectivity index (χ1) is 12.5. The van der Waals surface area contributed by atoms with Crippen molar-refractivity contribution < 1.29 is 9.59 Å². The van der Waals surface area contributed by atoms with Crippen LogP contribution in [-0.4, -0.2) is 18.0 Å². The molecule has 1 atom stereocenters. The van der Waals surface area contributed by atoms with Gasteiger partial charge in [-0.2, -0.15) is 5.10 Å². The van der Waals surface area contributed by atoms with E-state index >= 15 is 0 Å². The van der Waals surface area contributed by atoms with Gasteiger partial charge in [0.25, 0.3) is 5.91 Å². The van der Waals surface area contributed by atoms with E-state index < -0.39 is 0 Å². The van der Waals surface area contributed by atoms with E-state index in [0.717, 1.165) is 34.9 Å². The molecule has 136 valence electrons. The number of hydrogen-bond donors (Lipinski definition) is 2. The van der Waals surface area contributed by atoms with Crippen molar-refractivity contribution in [3.8, 4) is 0 Å². The topological polar surface area (TPSA) is 70.6 Å². The second-order valence-corrected chi connectivity index (χ2v) is 7.72. The number of thiophene rings is 1. The summed E-state index contributed by atoms with van der Waals surface area (Å²) in [5.41, 5.74) is 5.50. The van der Waals surface area contributed by atoms with Crippen molar-refractivity contribution in [1.29, 1.82) is 0 Å². The molecule has 1 aliphatic rings. The van der Waals surface area contributed by atoms with Crippen molar-refractivity contribution in [1.82, 2.24) is 5.43 Å². The van der Waals surface area contributed by atoms with Gasteiger partial charge in [-0.15, -0.1) is 11.3 Å². The summed E-state index contributed by atoms with van der Waals surface area (Å²) in [5.74, 6) is 0.470. The molecular weight excluding hydrogens is 346 g/mol. The molecule has 0 saturated carbocycles. The minimum absolute atomic E-state index is 0.109. The summed E-state index contributed by atoms with van der Waals surface area (Å²) in [7, 11) is 0. The second kappa shape index (κ2) is 8.27. The number of rotatable bonds is 5. The molecule has 2 amide bonds. The van der Waals surface area contributed by atoms with Crippen LogP contribution < -0.4 is 10.7 Å². The molecule has 6 heteroatoms. The highest BCUT2D eigenvalue weighted by Gasteiger charge is 2.21. The lowest BCUT2D eigenvalue weighted by atomic mass is 9.87. The van der Waals surface area contributed by atoms with Crippen molar-refractivity contribution in [2.75, 3.05) is 5.32 Å². The fourth-order valence-electron chi connectivity index (χ4n) is 3.14. The Bertz CT molecular complexity index is 824. The normalized spacial score (nSPS) is 16.3. The van der Waals surface area contributed by atoms with Gasteiger partial charge < -0.3 is 5.32 Å². The molecule has 26 heavy (non-hydrogen) atoms. The Kier molecular flexibility index (Phi) is 5.83. The first-order valence-corrected chi connectivity index (χ1v) is 9.69. The van der Waals surface area contributed by atoms with Crippen LogP contribution in [0.1, 0.15) is 52.4 Å². The van der Waals surface area contributed by atoms with Gasteiger partial charge in [-0.1, -0.05) is 25.5 Å². The number of carbonyl (C=O) groups is 2. The highest BCUT2D eigenvalue weighted by atomic mass is 32.1. The first kappa shape index (κ1) is 18.3. The van der Waals surface area contributed by atoms with Crippen LogP contribution in [0.25, 0.3) is 0 Å². The highest BCUT2D eigenvalue weighted by molar-refractivity contribution is 7.14. The Balaban J connectivity index is 1.58. The maximum absolute atomic E-state index is 12.3. The smallest absolute Gasteiger partial charge is 0.281 e. The number of hydrogen-bond acceptors (Lipinski definition) is 4. The summed E-state index contributed by atoms with van der Waals surface area (Å²) >= 11 is 1.58. The van der Waals surface area contributed by atoms with Crippen molar-refractivity contribution in [3.05, 3.63) is 51.2 Å². The van der Waals surface area contributed by atoms with Crippen LogP contribution in [0.5, 0.6) is 0 Å². The number of anilines is 1. The minimum atomic E-state index is -0.163. The Labute approximate surface area is 157 Å². The summed E-state index contributed by atoms with van der Waals surface area (Å²) in [6.07, 6.45) is 6.17. The van der Waals surface area contributed by atoms with Gasteiger partial charge in [0.1, 0.15) is 0 Å². The molecule has 0 spiro atoms. The first-order valence-electron chi connectivity index (χ1n) is 8.87. The molecule has 1 aliphatic carbocycles. The van der Waals surface area contributed by atoms with Gasteiger partial charge in [0.2, 0.25) is 5.91 Å². The van der Waals surface area contributed by atoms with E-state index in [1.165, 1.54) is 30.2 Å². The number of nitrogens with zero attached hydrogens (tertiary/aromatic N) is 1. The molecule has 0 fully saturated rings. The van der Waals surface area contributed by atoms with Gasteiger partial charge in [0.15, 0.2) is 0 Å². The van der Waals surface area contributed by atoms with E-state index in [0.29, 0.717) is 0 Å². The molecule has 2 N–H and O–H groups in total. The standard InChI is InChI=1S/C20H23N3O2S/c1-3-14-6-9-18-16(10-14)11-19(26-18)20(25)23-21-12-15-4-7-17(8-5-15)22-13(2)24/h4-5,7-8,11-12,14H,3,6,9-10H2,1-2H3,(H,22,24)(H,23,25)/b21-12-/t14-/m0/s1. The molecular formula is C20H23N3O2S.